The van der Waals surface area contributed by atoms with Crippen LogP contribution in [0.5, 0.6) is 0 Å². The molecular weight excluding hydrogens is 246 g/mol. The van der Waals surface area contributed by atoms with E-state index in [4.69, 9.17) is 4.74 Å². The predicted octanol–water partition coefficient (Wildman–Crippen LogP) is 3.68. The maximum absolute atomic E-state index is 5.13. The second kappa shape index (κ2) is 7.24. The van der Waals surface area contributed by atoms with E-state index in [0.29, 0.717) is 5.41 Å². The van der Waals surface area contributed by atoms with Gasteiger partial charge in [-0.15, -0.1) is 0 Å². The van der Waals surface area contributed by atoms with Crippen molar-refractivity contribution in [2.75, 3.05) is 26.8 Å². The Morgan fingerprint density at radius 1 is 1.30 bits per heavy atom. The average molecular weight is 275 g/mol. The predicted molar refractivity (Wildman–Crippen MR) is 85.2 cm³/mol. The van der Waals surface area contributed by atoms with Gasteiger partial charge < -0.3 is 10.1 Å². The summed E-state index contributed by atoms with van der Waals surface area (Å²) in [6.07, 6.45) is 5.37. The van der Waals surface area contributed by atoms with Crippen LogP contribution in [-0.2, 0) is 10.2 Å². The molecule has 0 heterocycles. The van der Waals surface area contributed by atoms with Gasteiger partial charge in [-0.05, 0) is 36.8 Å². The van der Waals surface area contributed by atoms with Gasteiger partial charge in [-0.3, -0.25) is 0 Å². The molecule has 1 aromatic rings. The Kier molecular flexibility index (Phi) is 5.62. The zero-order valence-corrected chi connectivity index (χ0v) is 13.2. The highest BCUT2D eigenvalue weighted by Gasteiger charge is 2.44. The van der Waals surface area contributed by atoms with Gasteiger partial charge in [0.15, 0.2) is 0 Å². The van der Waals surface area contributed by atoms with E-state index in [1.807, 2.05) is 0 Å². The van der Waals surface area contributed by atoms with Crippen molar-refractivity contribution in [1.82, 2.24) is 5.32 Å². The monoisotopic (exact) mass is 275 g/mol. The number of aryl methyl sites for hydroxylation is 1. The lowest BCUT2D eigenvalue weighted by Crippen LogP contribution is -2.49. The van der Waals surface area contributed by atoms with Crippen LogP contribution in [0.2, 0.25) is 0 Å². The number of ether oxygens (including phenoxy) is 1. The number of hydrogen-bond donors (Lipinski definition) is 1. The average Bonchev–Trinajstić information content (AvgIpc) is 2.41. The van der Waals surface area contributed by atoms with E-state index in [1.165, 1.54) is 31.2 Å². The van der Waals surface area contributed by atoms with Crippen molar-refractivity contribution in [1.29, 1.82) is 0 Å². The summed E-state index contributed by atoms with van der Waals surface area (Å²) in [4.78, 5) is 0. The third-order valence-corrected chi connectivity index (χ3v) is 4.72. The van der Waals surface area contributed by atoms with E-state index in [2.05, 4.69) is 43.4 Å². The largest absolute Gasteiger partial charge is 0.383 e. The van der Waals surface area contributed by atoms with Crippen LogP contribution in [-0.4, -0.2) is 26.8 Å². The van der Waals surface area contributed by atoms with E-state index in [1.54, 1.807) is 12.7 Å². The Labute approximate surface area is 123 Å². The molecule has 112 valence electrons. The van der Waals surface area contributed by atoms with Crippen LogP contribution >= 0.6 is 0 Å². The fourth-order valence-electron chi connectivity index (χ4n) is 3.79. The molecule has 0 unspecified atom stereocenters. The summed E-state index contributed by atoms with van der Waals surface area (Å²) < 4.78 is 5.13. The highest BCUT2D eigenvalue weighted by atomic mass is 16.5. The van der Waals surface area contributed by atoms with E-state index in [9.17, 15) is 0 Å². The van der Waals surface area contributed by atoms with Crippen molar-refractivity contribution < 1.29 is 4.74 Å². The Hall–Kier alpha value is -0.860. The first-order valence-corrected chi connectivity index (χ1v) is 7.97. The second-order valence-electron chi connectivity index (χ2n) is 6.33. The molecular formula is C18H29NO. The fourth-order valence-corrected chi connectivity index (χ4v) is 3.79. The number of rotatable bonds is 8. The summed E-state index contributed by atoms with van der Waals surface area (Å²) >= 11 is 0. The molecule has 1 aliphatic rings. The minimum absolute atomic E-state index is 0.360. The topological polar surface area (TPSA) is 21.3 Å². The molecule has 0 atom stereocenters. The van der Waals surface area contributed by atoms with Gasteiger partial charge in [-0.1, -0.05) is 44.0 Å². The molecule has 0 aliphatic heterocycles. The van der Waals surface area contributed by atoms with E-state index in [0.717, 1.165) is 25.6 Å². The number of methoxy groups -OCH3 is 1. The molecule has 1 N–H and O–H groups in total. The Balaban J connectivity index is 2.04. The zero-order valence-electron chi connectivity index (χ0n) is 13.2. The smallest absolute Gasteiger partial charge is 0.0587 e. The third kappa shape index (κ3) is 3.42. The van der Waals surface area contributed by atoms with Crippen LogP contribution in [0.15, 0.2) is 24.3 Å². The summed E-state index contributed by atoms with van der Waals surface area (Å²) in [6, 6.07) is 8.91. The highest BCUT2D eigenvalue weighted by Crippen LogP contribution is 2.50. The van der Waals surface area contributed by atoms with Gasteiger partial charge >= 0.3 is 0 Å². The molecule has 0 radical (unpaired) electrons. The SMILES string of the molecule is CCCC1CC(CNCCOC)(c2ccccc2C)C1. The number of hydrogen-bond acceptors (Lipinski definition) is 2. The molecule has 2 rings (SSSR count). The maximum Gasteiger partial charge on any atom is 0.0587 e. The molecule has 1 aliphatic carbocycles. The highest BCUT2D eigenvalue weighted by molar-refractivity contribution is 5.36. The lowest BCUT2D eigenvalue weighted by Gasteiger charge is -2.49. The van der Waals surface area contributed by atoms with Gasteiger partial charge in [-0.25, -0.2) is 0 Å². The molecule has 0 saturated heterocycles. The Bertz CT molecular complexity index is 410. The van der Waals surface area contributed by atoms with Gasteiger partial charge in [0, 0.05) is 25.6 Å². The minimum atomic E-state index is 0.360. The first kappa shape index (κ1) is 15.5. The van der Waals surface area contributed by atoms with Crippen LogP contribution in [0.4, 0.5) is 0 Å². The zero-order chi connectivity index (χ0) is 14.4. The van der Waals surface area contributed by atoms with Crippen molar-refractivity contribution in [3.05, 3.63) is 35.4 Å². The van der Waals surface area contributed by atoms with Crippen molar-refractivity contribution in [2.24, 2.45) is 5.92 Å². The molecule has 1 fully saturated rings. The molecule has 0 amide bonds. The van der Waals surface area contributed by atoms with Crippen LogP contribution < -0.4 is 5.32 Å². The lowest BCUT2D eigenvalue weighted by molar-refractivity contribution is 0.123. The third-order valence-electron chi connectivity index (χ3n) is 4.72. The summed E-state index contributed by atoms with van der Waals surface area (Å²) in [5, 5.41) is 3.59. The van der Waals surface area contributed by atoms with Gasteiger partial charge in [0.1, 0.15) is 0 Å². The standard InChI is InChI=1S/C18H29NO/c1-4-7-16-12-18(13-16,14-19-10-11-20-3)17-9-6-5-8-15(17)2/h5-6,8-9,16,19H,4,7,10-14H2,1-3H3. The molecule has 2 nitrogen and oxygen atoms in total. The Morgan fingerprint density at radius 2 is 2.05 bits per heavy atom. The van der Waals surface area contributed by atoms with Gasteiger partial charge in [0.05, 0.1) is 6.61 Å². The minimum Gasteiger partial charge on any atom is -0.383 e. The van der Waals surface area contributed by atoms with Crippen molar-refractivity contribution in [3.8, 4) is 0 Å². The normalized spacial score (nSPS) is 25.4. The van der Waals surface area contributed by atoms with Gasteiger partial charge in [-0.2, -0.15) is 0 Å². The maximum atomic E-state index is 5.13. The molecule has 0 spiro atoms. The first-order chi connectivity index (χ1) is 9.72. The van der Waals surface area contributed by atoms with Crippen LogP contribution in [0.1, 0.15) is 43.7 Å². The number of benzene rings is 1. The van der Waals surface area contributed by atoms with Crippen molar-refractivity contribution in [2.45, 2.75) is 44.9 Å². The molecule has 0 aromatic heterocycles. The van der Waals surface area contributed by atoms with Gasteiger partial charge in [0.2, 0.25) is 0 Å². The van der Waals surface area contributed by atoms with Crippen LogP contribution in [0, 0.1) is 12.8 Å². The van der Waals surface area contributed by atoms with Crippen molar-refractivity contribution in [3.63, 3.8) is 0 Å². The van der Waals surface area contributed by atoms with E-state index < -0.39 is 0 Å². The second-order valence-corrected chi connectivity index (χ2v) is 6.33. The van der Waals surface area contributed by atoms with E-state index in [-0.39, 0.29) is 0 Å². The number of nitrogens with one attached hydrogen (secondary N) is 1. The summed E-state index contributed by atoms with van der Waals surface area (Å²) in [5.41, 5.74) is 3.35. The first-order valence-electron chi connectivity index (χ1n) is 7.97. The van der Waals surface area contributed by atoms with Crippen molar-refractivity contribution >= 4 is 0 Å². The van der Waals surface area contributed by atoms with E-state index >= 15 is 0 Å². The molecule has 0 bridgehead atoms. The fraction of sp³-hybridized carbons (Fsp3) is 0.667. The molecule has 1 aromatic carbocycles. The summed E-state index contributed by atoms with van der Waals surface area (Å²) in [7, 11) is 1.76. The van der Waals surface area contributed by atoms with Gasteiger partial charge in [0.25, 0.3) is 0 Å². The van der Waals surface area contributed by atoms with Crippen LogP contribution in [0.25, 0.3) is 0 Å². The molecule has 1 saturated carbocycles. The molecule has 20 heavy (non-hydrogen) atoms. The molecule has 2 heteroatoms. The summed E-state index contributed by atoms with van der Waals surface area (Å²) in [6.45, 7) is 7.37. The summed E-state index contributed by atoms with van der Waals surface area (Å²) in [5.74, 6) is 0.920. The lowest BCUT2D eigenvalue weighted by atomic mass is 9.57. The quantitative estimate of drug-likeness (QED) is 0.731. The van der Waals surface area contributed by atoms with Crippen LogP contribution in [0.3, 0.4) is 0 Å². The Morgan fingerprint density at radius 3 is 2.70 bits per heavy atom.